The lowest BCUT2D eigenvalue weighted by Crippen LogP contribution is -2.42. The highest BCUT2D eigenvalue weighted by molar-refractivity contribution is 5.60. The van der Waals surface area contributed by atoms with Crippen LogP contribution in [0.5, 0.6) is 0 Å². The zero-order chi connectivity index (χ0) is 17.7. The number of hydrogen-bond acceptors (Lipinski definition) is 2. The minimum Gasteiger partial charge on any atom is -0.344 e. The number of alkyl halides is 3. The molecule has 1 aliphatic heterocycles. The van der Waals surface area contributed by atoms with Gasteiger partial charge in [-0.05, 0) is 19.3 Å². The summed E-state index contributed by atoms with van der Waals surface area (Å²) in [6.07, 6.45) is 3.38. The Morgan fingerprint density at radius 2 is 2.04 bits per heavy atom. The molecule has 0 saturated carbocycles. The number of allylic oxidation sites excluding steroid dienone is 6. The van der Waals surface area contributed by atoms with E-state index in [0.29, 0.717) is 11.4 Å². The van der Waals surface area contributed by atoms with E-state index in [1.54, 1.807) is 36.9 Å². The lowest BCUT2D eigenvalue weighted by atomic mass is 9.66. The second-order valence-corrected chi connectivity index (χ2v) is 6.91. The standard InChI is InChI=1S/C18H22F3N3/c1-11(2)15-14-13(10-12(3)22-16(14)24(4)23-15)17(18(19,20)21)8-6-5-7-9-17/h5-8,10-11,13,22H,9H2,1-4H3. The highest BCUT2D eigenvalue weighted by Crippen LogP contribution is 2.57. The lowest BCUT2D eigenvalue weighted by molar-refractivity contribution is -0.209. The van der Waals surface area contributed by atoms with Crippen LogP contribution in [-0.2, 0) is 7.05 Å². The zero-order valence-corrected chi connectivity index (χ0v) is 14.3. The molecule has 0 amide bonds. The van der Waals surface area contributed by atoms with Crippen molar-refractivity contribution in [3.8, 4) is 0 Å². The summed E-state index contributed by atoms with van der Waals surface area (Å²) in [7, 11) is 1.77. The molecule has 1 aliphatic carbocycles. The van der Waals surface area contributed by atoms with E-state index in [0.717, 1.165) is 11.4 Å². The number of nitrogens with zero attached hydrogens (tertiary/aromatic N) is 2. The van der Waals surface area contributed by atoms with Gasteiger partial charge in [-0.15, -0.1) is 0 Å². The van der Waals surface area contributed by atoms with E-state index < -0.39 is 17.5 Å². The number of fused-ring (bicyclic) bond motifs is 1. The molecule has 2 atom stereocenters. The molecule has 0 saturated heterocycles. The maximum Gasteiger partial charge on any atom is 0.399 e. The number of aromatic nitrogens is 2. The van der Waals surface area contributed by atoms with Crippen LogP contribution in [0.2, 0.25) is 0 Å². The first-order chi connectivity index (χ1) is 11.2. The molecule has 0 aromatic carbocycles. The van der Waals surface area contributed by atoms with Gasteiger partial charge in [0.05, 0.1) is 11.1 Å². The Kier molecular flexibility index (Phi) is 3.89. The van der Waals surface area contributed by atoms with Gasteiger partial charge in [-0.3, -0.25) is 4.68 Å². The fourth-order valence-corrected chi connectivity index (χ4v) is 3.66. The van der Waals surface area contributed by atoms with Gasteiger partial charge in [0.15, 0.2) is 0 Å². The van der Waals surface area contributed by atoms with Gasteiger partial charge in [0, 0.05) is 24.2 Å². The molecule has 2 aliphatic rings. The van der Waals surface area contributed by atoms with Crippen LogP contribution >= 0.6 is 0 Å². The largest absolute Gasteiger partial charge is 0.399 e. The molecule has 2 heterocycles. The number of nitrogens with one attached hydrogen (secondary N) is 1. The van der Waals surface area contributed by atoms with Gasteiger partial charge < -0.3 is 5.32 Å². The van der Waals surface area contributed by atoms with Crippen LogP contribution in [0.3, 0.4) is 0 Å². The molecule has 0 radical (unpaired) electrons. The third-order valence-corrected chi connectivity index (χ3v) is 4.88. The monoisotopic (exact) mass is 337 g/mol. The van der Waals surface area contributed by atoms with Crippen molar-refractivity contribution in [2.45, 2.75) is 45.2 Å². The van der Waals surface area contributed by atoms with Gasteiger partial charge in [0.1, 0.15) is 5.82 Å². The van der Waals surface area contributed by atoms with E-state index in [2.05, 4.69) is 10.4 Å². The zero-order valence-electron chi connectivity index (χ0n) is 14.3. The summed E-state index contributed by atoms with van der Waals surface area (Å²) in [4.78, 5) is 0. The number of aryl methyl sites for hydroxylation is 1. The molecule has 130 valence electrons. The predicted molar refractivity (Wildman–Crippen MR) is 88.8 cm³/mol. The average Bonchev–Trinajstić information content (AvgIpc) is 2.83. The topological polar surface area (TPSA) is 29.9 Å². The van der Waals surface area contributed by atoms with Gasteiger partial charge >= 0.3 is 6.18 Å². The Hall–Kier alpha value is -1.98. The van der Waals surface area contributed by atoms with Crippen LogP contribution in [-0.4, -0.2) is 16.0 Å². The van der Waals surface area contributed by atoms with Gasteiger partial charge in [-0.2, -0.15) is 18.3 Å². The van der Waals surface area contributed by atoms with E-state index in [4.69, 9.17) is 0 Å². The Bertz CT molecular complexity index is 737. The van der Waals surface area contributed by atoms with Crippen molar-refractivity contribution in [3.05, 3.63) is 47.3 Å². The summed E-state index contributed by atoms with van der Waals surface area (Å²) < 4.78 is 44.2. The molecule has 3 nitrogen and oxygen atoms in total. The Morgan fingerprint density at radius 1 is 1.33 bits per heavy atom. The van der Waals surface area contributed by atoms with Crippen molar-refractivity contribution >= 4 is 5.82 Å². The second kappa shape index (κ2) is 5.53. The fourth-order valence-electron chi connectivity index (χ4n) is 3.66. The Labute approximate surface area is 139 Å². The van der Waals surface area contributed by atoms with Gasteiger partial charge in [0.25, 0.3) is 0 Å². The molecular formula is C18H22F3N3. The molecule has 1 aromatic heterocycles. The molecule has 1 N–H and O–H groups in total. The van der Waals surface area contributed by atoms with E-state index in [1.807, 2.05) is 13.8 Å². The lowest BCUT2D eigenvalue weighted by Gasteiger charge is -2.41. The maximum absolute atomic E-state index is 14.2. The highest BCUT2D eigenvalue weighted by Gasteiger charge is 2.58. The van der Waals surface area contributed by atoms with Gasteiger partial charge in [0.2, 0.25) is 0 Å². The van der Waals surface area contributed by atoms with E-state index in [9.17, 15) is 13.2 Å². The quantitative estimate of drug-likeness (QED) is 0.821. The summed E-state index contributed by atoms with van der Waals surface area (Å²) in [5.41, 5.74) is 0.167. The number of halogens is 3. The van der Waals surface area contributed by atoms with Crippen LogP contribution in [0.25, 0.3) is 0 Å². The average molecular weight is 337 g/mol. The van der Waals surface area contributed by atoms with Crippen molar-refractivity contribution in [3.63, 3.8) is 0 Å². The molecule has 0 bridgehead atoms. The SMILES string of the molecule is CC1=CC(C2(C(F)(F)F)C=CC=CC2)c2c(C(C)C)nn(C)c2N1. The van der Waals surface area contributed by atoms with Crippen LogP contribution in [0.15, 0.2) is 36.1 Å². The molecule has 0 fully saturated rings. The van der Waals surface area contributed by atoms with Crippen LogP contribution in [0.1, 0.15) is 50.3 Å². The van der Waals surface area contributed by atoms with Crippen LogP contribution in [0.4, 0.5) is 19.0 Å². The molecule has 24 heavy (non-hydrogen) atoms. The molecule has 2 unspecified atom stereocenters. The van der Waals surface area contributed by atoms with Crippen molar-refractivity contribution in [2.75, 3.05) is 5.32 Å². The normalized spacial score (nSPS) is 26.3. The van der Waals surface area contributed by atoms with E-state index in [1.165, 1.54) is 12.2 Å². The second-order valence-electron chi connectivity index (χ2n) is 6.91. The summed E-state index contributed by atoms with van der Waals surface area (Å²) in [5.74, 6) is -0.0826. The fraction of sp³-hybridized carbons (Fsp3) is 0.500. The molecule has 6 heteroatoms. The first kappa shape index (κ1) is 16.9. The smallest absolute Gasteiger partial charge is 0.344 e. The summed E-state index contributed by atoms with van der Waals surface area (Å²) in [6, 6.07) is 0. The van der Waals surface area contributed by atoms with E-state index >= 15 is 0 Å². The highest BCUT2D eigenvalue weighted by atomic mass is 19.4. The molecular weight excluding hydrogens is 315 g/mol. The maximum atomic E-state index is 14.2. The summed E-state index contributed by atoms with van der Waals surface area (Å²) in [6.45, 7) is 5.72. The third-order valence-electron chi connectivity index (χ3n) is 4.88. The predicted octanol–water partition coefficient (Wildman–Crippen LogP) is 5.02. The Balaban J connectivity index is 2.26. The molecule has 1 aromatic rings. The number of hydrogen-bond donors (Lipinski definition) is 1. The van der Waals surface area contributed by atoms with Crippen LogP contribution < -0.4 is 5.32 Å². The molecule has 0 spiro atoms. The minimum absolute atomic E-state index is 0.0458. The first-order valence-electron chi connectivity index (χ1n) is 8.10. The minimum atomic E-state index is -4.35. The molecule has 3 rings (SSSR count). The van der Waals surface area contributed by atoms with Crippen molar-refractivity contribution in [2.24, 2.45) is 12.5 Å². The van der Waals surface area contributed by atoms with Crippen LogP contribution in [0, 0.1) is 5.41 Å². The third kappa shape index (κ3) is 2.39. The van der Waals surface area contributed by atoms with Gasteiger partial charge in [-0.1, -0.05) is 44.2 Å². The van der Waals surface area contributed by atoms with Crippen molar-refractivity contribution in [1.82, 2.24) is 9.78 Å². The number of rotatable bonds is 2. The van der Waals surface area contributed by atoms with Crippen molar-refractivity contribution < 1.29 is 13.2 Å². The number of anilines is 1. The van der Waals surface area contributed by atoms with E-state index in [-0.39, 0.29) is 12.3 Å². The van der Waals surface area contributed by atoms with Gasteiger partial charge in [-0.25, -0.2) is 0 Å². The first-order valence-corrected chi connectivity index (χ1v) is 8.10. The van der Waals surface area contributed by atoms with Crippen molar-refractivity contribution in [1.29, 1.82) is 0 Å². The summed E-state index contributed by atoms with van der Waals surface area (Å²) in [5, 5.41) is 7.69. The summed E-state index contributed by atoms with van der Waals surface area (Å²) >= 11 is 0. The Morgan fingerprint density at radius 3 is 2.58 bits per heavy atom.